The second-order valence-electron chi connectivity index (χ2n) is 20.1. The van der Waals surface area contributed by atoms with Gasteiger partial charge in [0.25, 0.3) is 0 Å². The van der Waals surface area contributed by atoms with E-state index < -0.39 is 0 Å². The molecule has 0 aromatic heterocycles. The van der Waals surface area contributed by atoms with E-state index in [-0.39, 0.29) is 0 Å². The molecular weight excluding hydrogens is 745 g/mol. The van der Waals surface area contributed by atoms with Crippen LogP contribution >= 0.6 is 0 Å². The zero-order valence-corrected chi connectivity index (χ0v) is 41.9. The van der Waals surface area contributed by atoms with E-state index in [0.29, 0.717) is 10.8 Å². The summed E-state index contributed by atoms with van der Waals surface area (Å²) in [6, 6.07) is 19.4. The molecule has 0 amide bonds. The number of aryl methyl sites for hydroxylation is 4. The highest BCUT2D eigenvalue weighted by Crippen LogP contribution is 2.42. The highest BCUT2D eigenvalue weighted by atomic mass is 14.3. The normalized spacial score (nSPS) is 12.8. The quantitative estimate of drug-likeness (QED) is 0.0348. The molecule has 0 nitrogen and oxygen atoms in total. The maximum Gasteiger partial charge on any atom is -0.00926 e. The number of hydrogen-bond acceptors (Lipinski definition) is 0. The standard InChI is InChI=1S/C62H90/c1-11-61(12-2,13-3)41-33-29-25-21-17-19-23-27-31-35-51-57-43-53-47(7)37-39-49(9)55(53)45-59(57)52(60-46-56-50(10)40-38-48(8)54(56)44-58(51)60)36-32-28-24-20-18-22-26-30-34-42-62(14-4,15-5)16-6/h31-32,35-40,43-46H,11-30,33-34,41-42H2,1-10H3. The first kappa shape index (κ1) is 49.6. The molecule has 5 aromatic carbocycles. The van der Waals surface area contributed by atoms with Crippen molar-refractivity contribution >= 4 is 55.2 Å². The molecule has 338 valence electrons. The van der Waals surface area contributed by atoms with Crippen LogP contribution in [0, 0.1) is 38.5 Å². The van der Waals surface area contributed by atoms with Gasteiger partial charge in [-0.25, -0.2) is 0 Å². The van der Waals surface area contributed by atoms with Crippen LogP contribution in [-0.4, -0.2) is 0 Å². The first-order chi connectivity index (χ1) is 30.1. The second-order valence-corrected chi connectivity index (χ2v) is 20.1. The molecule has 0 heterocycles. The van der Waals surface area contributed by atoms with Crippen molar-refractivity contribution in [3.05, 3.63) is 94.1 Å². The molecule has 0 aliphatic rings. The van der Waals surface area contributed by atoms with Crippen LogP contribution in [0.4, 0.5) is 0 Å². The number of hydrogen-bond donors (Lipinski definition) is 0. The van der Waals surface area contributed by atoms with Crippen LogP contribution in [0.5, 0.6) is 0 Å². The molecule has 5 rings (SSSR count). The summed E-state index contributed by atoms with van der Waals surface area (Å²) in [5, 5.41) is 11.1. The summed E-state index contributed by atoms with van der Waals surface area (Å²) < 4.78 is 0. The third-order valence-electron chi connectivity index (χ3n) is 16.6. The molecule has 62 heavy (non-hydrogen) atoms. The van der Waals surface area contributed by atoms with Gasteiger partial charge in [0.2, 0.25) is 0 Å². The fraction of sp³-hybridized carbons (Fsp3) is 0.581. The zero-order valence-electron chi connectivity index (χ0n) is 41.9. The molecule has 0 aliphatic heterocycles. The summed E-state index contributed by atoms with van der Waals surface area (Å²) in [4.78, 5) is 0. The van der Waals surface area contributed by atoms with Crippen LogP contribution in [0.1, 0.15) is 229 Å². The largest absolute Gasteiger partial charge is 0.0839 e. The van der Waals surface area contributed by atoms with Gasteiger partial charge in [0.1, 0.15) is 0 Å². The van der Waals surface area contributed by atoms with Gasteiger partial charge in [-0.15, -0.1) is 0 Å². The third kappa shape index (κ3) is 12.4. The predicted molar refractivity (Wildman–Crippen MR) is 283 cm³/mol. The van der Waals surface area contributed by atoms with Crippen LogP contribution in [0.2, 0.25) is 0 Å². The summed E-state index contributed by atoms with van der Waals surface area (Å²) in [7, 11) is 0. The Morgan fingerprint density at radius 1 is 0.323 bits per heavy atom. The van der Waals surface area contributed by atoms with Crippen LogP contribution in [-0.2, 0) is 0 Å². The van der Waals surface area contributed by atoms with Crippen LogP contribution < -0.4 is 0 Å². The lowest BCUT2D eigenvalue weighted by atomic mass is 9.75. The fourth-order valence-corrected chi connectivity index (χ4v) is 11.2. The lowest BCUT2D eigenvalue weighted by Gasteiger charge is -2.30. The van der Waals surface area contributed by atoms with Crippen molar-refractivity contribution in [2.45, 2.75) is 223 Å². The molecule has 0 fully saturated rings. The van der Waals surface area contributed by atoms with Gasteiger partial charge in [-0.1, -0.05) is 206 Å². The number of rotatable bonds is 28. The lowest BCUT2D eigenvalue weighted by molar-refractivity contribution is 0.220. The van der Waals surface area contributed by atoms with Gasteiger partial charge in [-0.3, -0.25) is 0 Å². The van der Waals surface area contributed by atoms with Gasteiger partial charge in [0.15, 0.2) is 0 Å². The SMILES string of the molecule is CCC(CC)(CC)CCCCCCCCCC=Cc1c2cc3c(C)ccc(C)c3cc2c(C=CCCCCCCCCCC(CC)(CC)CC)c2cc3c(C)ccc(C)c3cc12. The molecule has 0 bridgehead atoms. The van der Waals surface area contributed by atoms with Crippen molar-refractivity contribution in [1.82, 2.24) is 0 Å². The number of allylic oxidation sites excluding steroid dienone is 2. The van der Waals surface area contributed by atoms with Gasteiger partial charge < -0.3 is 0 Å². The van der Waals surface area contributed by atoms with E-state index in [4.69, 9.17) is 0 Å². The van der Waals surface area contributed by atoms with Crippen molar-refractivity contribution in [2.24, 2.45) is 10.8 Å². The fourth-order valence-electron chi connectivity index (χ4n) is 11.2. The minimum Gasteiger partial charge on any atom is -0.0839 e. The predicted octanol–water partition coefficient (Wildman–Crippen LogP) is 21.0. The van der Waals surface area contributed by atoms with Crippen LogP contribution in [0.15, 0.2) is 60.7 Å². The van der Waals surface area contributed by atoms with E-state index in [2.05, 4.69) is 142 Å². The maximum atomic E-state index is 2.54. The van der Waals surface area contributed by atoms with E-state index in [0.717, 1.165) is 12.8 Å². The number of fused-ring (bicyclic) bond motifs is 4. The van der Waals surface area contributed by atoms with Crippen LogP contribution in [0.25, 0.3) is 55.2 Å². The minimum absolute atomic E-state index is 0.597. The zero-order chi connectivity index (χ0) is 44.5. The van der Waals surface area contributed by atoms with Crippen molar-refractivity contribution in [1.29, 1.82) is 0 Å². The average molecular weight is 835 g/mol. The van der Waals surface area contributed by atoms with E-state index in [9.17, 15) is 0 Å². The molecule has 0 saturated heterocycles. The molecule has 0 aliphatic carbocycles. The Labute approximate surface area is 381 Å². The van der Waals surface area contributed by atoms with E-state index >= 15 is 0 Å². The van der Waals surface area contributed by atoms with E-state index in [1.165, 1.54) is 218 Å². The second kappa shape index (κ2) is 24.6. The summed E-state index contributed by atoms with van der Waals surface area (Å²) >= 11 is 0. The van der Waals surface area contributed by atoms with Crippen molar-refractivity contribution in [3.63, 3.8) is 0 Å². The molecule has 5 aromatic rings. The molecular formula is C62H90. The number of benzene rings is 5. The Morgan fingerprint density at radius 3 is 0.823 bits per heavy atom. The van der Waals surface area contributed by atoms with E-state index in [1.807, 2.05) is 0 Å². The topological polar surface area (TPSA) is 0 Å². The first-order valence-electron chi connectivity index (χ1n) is 26.3. The Balaban J connectivity index is 1.34. The lowest BCUT2D eigenvalue weighted by Crippen LogP contribution is -2.17. The van der Waals surface area contributed by atoms with Crippen LogP contribution in [0.3, 0.4) is 0 Å². The molecule has 0 radical (unpaired) electrons. The molecule has 0 atom stereocenters. The van der Waals surface area contributed by atoms with Gasteiger partial charge in [-0.2, -0.15) is 0 Å². The van der Waals surface area contributed by atoms with Crippen molar-refractivity contribution < 1.29 is 0 Å². The minimum atomic E-state index is 0.597. The third-order valence-corrected chi connectivity index (χ3v) is 16.6. The summed E-state index contributed by atoms with van der Waals surface area (Å²) in [6.07, 6.45) is 42.4. The van der Waals surface area contributed by atoms with Gasteiger partial charge in [0, 0.05) is 0 Å². The van der Waals surface area contributed by atoms with Crippen molar-refractivity contribution in [2.75, 3.05) is 0 Å². The highest BCUT2D eigenvalue weighted by molar-refractivity contribution is 6.19. The molecule has 0 unspecified atom stereocenters. The Hall–Kier alpha value is -3.38. The van der Waals surface area contributed by atoms with Gasteiger partial charge in [0.05, 0.1) is 0 Å². The number of unbranched alkanes of at least 4 members (excludes halogenated alkanes) is 14. The molecule has 0 N–H and O–H groups in total. The average Bonchev–Trinajstić information content (AvgIpc) is 3.29. The Kier molecular flexibility index (Phi) is 19.7. The Bertz CT molecular complexity index is 1930. The molecule has 0 spiro atoms. The van der Waals surface area contributed by atoms with Gasteiger partial charge in [-0.05, 0) is 178 Å². The molecule has 0 heteroatoms. The summed E-state index contributed by atoms with van der Waals surface area (Å²) in [5.74, 6) is 0. The summed E-state index contributed by atoms with van der Waals surface area (Å²) in [5.41, 5.74) is 9.43. The first-order valence-corrected chi connectivity index (χ1v) is 26.3. The highest BCUT2D eigenvalue weighted by Gasteiger charge is 2.24. The summed E-state index contributed by atoms with van der Waals surface area (Å²) in [6.45, 7) is 23.5. The van der Waals surface area contributed by atoms with Crippen molar-refractivity contribution in [3.8, 4) is 0 Å². The smallest absolute Gasteiger partial charge is 0.00926 e. The Morgan fingerprint density at radius 2 is 0.565 bits per heavy atom. The van der Waals surface area contributed by atoms with Gasteiger partial charge >= 0.3 is 0 Å². The maximum absolute atomic E-state index is 2.54. The van der Waals surface area contributed by atoms with E-state index in [1.54, 1.807) is 0 Å². The monoisotopic (exact) mass is 835 g/mol. The molecule has 0 saturated carbocycles.